The van der Waals surface area contributed by atoms with E-state index < -0.39 is 0 Å². The van der Waals surface area contributed by atoms with Gasteiger partial charge in [-0.25, -0.2) is 0 Å². The average molecular weight is 341 g/mol. The molecule has 1 aliphatic rings. The first kappa shape index (κ1) is 19.8. The minimum absolute atomic E-state index is 0. The van der Waals surface area contributed by atoms with Crippen LogP contribution in [0, 0.1) is 12.8 Å². The first-order chi connectivity index (χ1) is 10.6. The van der Waals surface area contributed by atoms with Crippen molar-refractivity contribution in [3.8, 4) is 5.75 Å². The molecule has 5 heteroatoms. The van der Waals surface area contributed by atoms with E-state index in [-0.39, 0.29) is 24.4 Å². The molecule has 1 amide bonds. The Kier molecular flexibility index (Phi) is 8.42. The Hall–Kier alpha value is -1.26. The van der Waals surface area contributed by atoms with Crippen LogP contribution >= 0.6 is 12.4 Å². The smallest absolute Gasteiger partial charge is 0.222 e. The monoisotopic (exact) mass is 340 g/mol. The lowest BCUT2D eigenvalue weighted by atomic mass is 9.83. The third-order valence-electron chi connectivity index (χ3n) is 4.55. The maximum atomic E-state index is 12.3. The van der Waals surface area contributed by atoms with Gasteiger partial charge in [-0.3, -0.25) is 4.79 Å². The molecule has 4 nitrogen and oxygen atoms in total. The van der Waals surface area contributed by atoms with Crippen LogP contribution < -0.4 is 10.5 Å². The van der Waals surface area contributed by atoms with Crippen molar-refractivity contribution < 1.29 is 9.53 Å². The number of aryl methyl sites for hydroxylation is 1. The van der Waals surface area contributed by atoms with Crippen molar-refractivity contribution in [2.45, 2.75) is 45.1 Å². The molecule has 1 saturated carbocycles. The molecule has 1 aromatic rings. The van der Waals surface area contributed by atoms with Crippen LogP contribution in [0.25, 0.3) is 0 Å². The minimum atomic E-state index is 0. The maximum Gasteiger partial charge on any atom is 0.222 e. The summed E-state index contributed by atoms with van der Waals surface area (Å²) in [4.78, 5) is 14.0. The summed E-state index contributed by atoms with van der Waals surface area (Å²) >= 11 is 0. The first-order valence-corrected chi connectivity index (χ1v) is 8.25. The third kappa shape index (κ3) is 6.40. The number of carbonyl (C=O) groups is 1. The van der Waals surface area contributed by atoms with Crippen molar-refractivity contribution in [2.24, 2.45) is 11.7 Å². The zero-order valence-corrected chi connectivity index (χ0v) is 15.0. The van der Waals surface area contributed by atoms with Crippen LogP contribution in [-0.4, -0.2) is 37.0 Å². The van der Waals surface area contributed by atoms with Gasteiger partial charge in [0.05, 0.1) is 6.54 Å². The number of likely N-dealkylation sites (N-methyl/N-ethyl adjacent to an activating group) is 1. The number of hydrogen-bond donors (Lipinski definition) is 1. The predicted molar refractivity (Wildman–Crippen MR) is 96.1 cm³/mol. The van der Waals surface area contributed by atoms with E-state index in [0.717, 1.165) is 18.6 Å². The summed E-state index contributed by atoms with van der Waals surface area (Å²) in [7, 11) is 1.84. The number of ether oxygens (including phenoxy) is 1. The van der Waals surface area contributed by atoms with E-state index in [9.17, 15) is 4.79 Å². The SMILES string of the molecule is Cc1ccc(OCCN(C)C(=O)CC2CCCCC2N)cc1.Cl. The largest absolute Gasteiger partial charge is 0.492 e. The molecule has 1 fully saturated rings. The number of nitrogens with two attached hydrogens (primary N) is 1. The number of rotatable bonds is 6. The van der Waals surface area contributed by atoms with Crippen molar-refractivity contribution in [3.05, 3.63) is 29.8 Å². The molecular formula is C18H29ClN2O2. The second-order valence-electron chi connectivity index (χ2n) is 6.39. The van der Waals surface area contributed by atoms with Gasteiger partial charge < -0.3 is 15.4 Å². The fourth-order valence-corrected chi connectivity index (χ4v) is 2.93. The van der Waals surface area contributed by atoms with Gasteiger partial charge in [0.15, 0.2) is 0 Å². The third-order valence-corrected chi connectivity index (χ3v) is 4.55. The highest BCUT2D eigenvalue weighted by Crippen LogP contribution is 2.26. The number of amides is 1. The Balaban J connectivity index is 0.00000264. The number of hydrogen-bond acceptors (Lipinski definition) is 3. The lowest BCUT2D eigenvalue weighted by molar-refractivity contribution is -0.131. The molecule has 0 aromatic heterocycles. The van der Waals surface area contributed by atoms with Crippen molar-refractivity contribution in [2.75, 3.05) is 20.2 Å². The summed E-state index contributed by atoms with van der Waals surface area (Å²) in [6.07, 6.45) is 5.11. The Morgan fingerprint density at radius 3 is 2.57 bits per heavy atom. The Morgan fingerprint density at radius 1 is 1.26 bits per heavy atom. The van der Waals surface area contributed by atoms with Gasteiger partial charge in [-0.2, -0.15) is 0 Å². The summed E-state index contributed by atoms with van der Waals surface area (Å²) in [6.45, 7) is 3.17. The van der Waals surface area contributed by atoms with E-state index >= 15 is 0 Å². The van der Waals surface area contributed by atoms with Crippen LogP contribution in [0.5, 0.6) is 5.75 Å². The van der Waals surface area contributed by atoms with Crippen LogP contribution in [0.2, 0.25) is 0 Å². The first-order valence-electron chi connectivity index (χ1n) is 8.25. The molecule has 0 radical (unpaired) electrons. The normalized spacial score (nSPS) is 20.5. The molecule has 2 unspecified atom stereocenters. The lowest BCUT2D eigenvalue weighted by Gasteiger charge is -2.29. The molecule has 0 aliphatic heterocycles. The zero-order chi connectivity index (χ0) is 15.9. The molecule has 2 N–H and O–H groups in total. The van der Waals surface area contributed by atoms with E-state index in [0.29, 0.717) is 25.5 Å². The van der Waals surface area contributed by atoms with Gasteiger partial charge in [0.25, 0.3) is 0 Å². The fourth-order valence-electron chi connectivity index (χ4n) is 2.93. The average Bonchev–Trinajstić information content (AvgIpc) is 2.51. The van der Waals surface area contributed by atoms with Gasteiger partial charge >= 0.3 is 0 Å². The van der Waals surface area contributed by atoms with Crippen LogP contribution in [-0.2, 0) is 4.79 Å². The van der Waals surface area contributed by atoms with Gasteiger partial charge in [0, 0.05) is 19.5 Å². The second-order valence-corrected chi connectivity index (χ2v) is 6.39. The Labute approximate surface area is 145 Å². The maximum absolute atomic E-state index is 12.3. The summed E-state index contributed by atoms with van der Waals surface area (Å²) in [5, 5.41) is 0. The Morgan fingerprint density at radius 2 is 1.91 bits per heavy atom. The molecule has 1 aliphatic carbocycles. The molecule has 23 heavy (non-hydrogen) atoms. The van der Waals surface area contributed by atoms with E-state index in [1.165, 1.54) is 18.4 Å². The highest BCUT2D eigenvalue weighted by Gasteiger charge is 2.25. The highest BCUT2D eigenvalue weighted by molar-refractivity contribution is 5.85. The van der Waals surface area contributed by atoms with Crippen LogP contribution in [0.3, 0.4) is 0 Å². The van der Waals surface area contributed by atoms with Crippen LogP contribution in [0.15, 0.2) is 24.3 Å². The van der Waals surface area contributed by atoms with E-state index in [1.54, 1.807) is 4.90 Å². The molecular weight excluding hydrogens is 312 g/mol. The van der Waals surface area contributed by atoms with Gasteiger partial charge in [-0.05, 0) is 37.8 Å². The zero-order valence-electron chi connectivity index (χ0n) is 14.2. The van der Waals surface area contributed by atoms with Gasteiger partial charge in [-0.15, -0.1) is 12.4 Å². The van der Waals surface area contributed by atoms with Crippen LogP contribution in [0.4, 0.5) is 0 Å². The molecule has 0 heterocycles. The molecule has 0 spiro atoms. The topological polar surface area (TPSA) is 55.6 Å². The lowest BCUT2D eigenvalue weighted by Crippen LogP contribution is -2.38. The minimum Gasteiger partial charge on any atom is -0.492 e. The standard InChI is InChI=1S/C18H28N2O2.ClH/c1-14-7-9-16(10-8-14)22-12-11-20(2)18(21)13-15-5-3-4-6-17(15)19;/h7-10,15,17H,3-6,11-13,19H2,1-2H3;1H. The van der Waals surface area contributed by atoms with E-state index in [1.807, 2.05) is 38.2 Å². The number of halogens is 1. The fraction of sp³-hybridized carbons (Fsp3) is 0.611. The number of carbonyl (C=O) groups excluding carboxylic acids is 1. The van der Waals surface area contributed by atoms with E-state index in [2.05, 4.69) is 0 Å². The van der Waals surface area contributed by atoms with E-state index in [4.69, 9.17) is 10.5 Å². The summed E-state index contributed by atoms with van der Waals surface area (Å²) < 4.78 is 5.67. The molecule has 130 valence electrons. The predicted octanol–water partition coefficient (Wildman–Crippen LogP) is 3.16. The van der Waals surface area contributed by atoms with Gasteiger partial charge in [-0.1, -0.05) is 30.5 Å². The van der Waals surface area contributed by atoms with Crippen molar-refractivity contribution in [1.29, 1.82) is 0 Å². The molecule has 1 aromatic carbocycles. The van der Waals surface area contributed by atoms with Crippen molar-refractivity contribution >= 4 is 18.3 Å². The highest BCUT2D eigenvalue weighted by atomic mass is 35.5. The quantitative estimate of drug-likeness (QED) is 0.865. The molecule has 0 bridgehead atoms. The van der Waals surface area contributed by atoms with Crippen LogP contribution in [0.1, 0.15) is 37.7 Å². The Bertz CT molecular complexity index is 478. The van der Waals surface area contributed by atoms with Crippen molar-refractivity contribution in [3.63, 3.8) is 0 Å². The molecule has 2 atom stereocenters. The summed E-state index contributed by atoms with van der Waals surface area (Å²) in [6, 6.07) is 8.15. The summed E-state index contributed by atoms with van der Waals surface area (Å²) in [5.41, 5.74) is 7.33. The van der Waals surface area contributed by atoms with Gasteiger partial charge in [0.2, 0.25) is 5.91 Å². The van der Waals surface area contributed by atoms with Gasteiger partial charge in [0.1, 0.15) is 12.4 Å². The number of benzene rings is 1. The van der Waals surface area contributed by atoms with Crippen molar-refractivity contribution in [1.82, 2.24) is 4.90 Å². The molecule has 0 saturated heterocycles. The second kappa shape index (κ2) is 9.78. The molecule has 2 rings (SSSR count). The summed E-state index contributed by atoms with van der Waals surface area (Å²) in [5.74, 6) is 1.37. The number of nitrogens with zero attached hydrogens (tertiary/aromatic N) is 1.